The summed E-state index contributed by atoms with van der Waals surface area (Å²) in [5.74, 6) is 2.55. The van der Waals surface area contributed by atoms with Crippen LogP contribution in [0.3, 0.4) is 0 Å². The van der Waals surface area contributed by atoms with Crippen LogP contribution in [0.25, 0.3) is 11.0 Å². The maximum absolute atomic E-state index is 6.06. The average Bonchev–Trinajstić information content (AvgIpc) is 2.91. The van der Waals surface area contributed by atoms with E-state index in [9.17, 15) is 0 Å². The van der Waals surface area contributed by atoms with Gasteiger partial charge in [-0.1, -0.05) is 0 Å². The van der Waals surface area contributed by atoms with E-state index in [1.54, 1.807) is 14.2 Å². The Labute approximate surface area is 158 Å². The van der Waals surface area contributed by atoms with Crippen LogP contribution < -0.4 is 15.2 Å². The molecule has 1 fully saturated rings. The molecule has 7 nitrogen and oxygen atoms in total. The summed E-state index contributed by atoms with van der Waals surface area (Å²) in [6.45, 7) is 0. The van der Waals surface area contributed by atoms with Gasteiger partial charge in [0.25, 0.3) is 0 Å². The fraction of sp³-hybridized carbons (Fsp3) is 0.353. The summed E-state index contributed by atoms with van der Waals surface area (Å²) in [5, 5.41) is 4.64. The van der Waals surface area contributed by atoms with Gasteiger partial charge < -0.3 is 15.2 Å². The summed E-state index contributed by atoms with van der Waals surface area (Å²) >= 11 is 2.19. The fourth-order valence-corrected chi connectivity index (χ4v) is 3.98. The van der Waals surface area contributed by atoms with Gasteiger partial charge in [-0.05, 0) is 59.0 Å². The Morgan fingerprint density at radius 1 is 1.12 bits per heavy atom. The van der Waals surface area contributed by atoms with Gasteiger partial charge in [0.1, 0.15) is 32.6 Å². The topological polar surface area (TPSA) is 88.1 Å². The maximum Gasteiger partial charge on any atom is 0.153 e. The molecule has 0 saturated heterocycles. The van der Waals surface area contributed by atoms with Gasteiger partial charge in [-0.15, -0.1) is 0 Å². The largest absolute Gasteiger partial charge is 0.497 e. The minimum absolute atomic E-state index is 0.293. The number of nitrogens with zero attached hydrogens (tertiary/aromatic N) is 4. The van der Waals surface area contributed by atoms with Crippen molar-refractivity contribution in [3.05, 3.63) is 33.8 Å². The molecule has 0 bridgehead atoms. The summed E-state index contributed by atoms with van der Waals surface area (Å²) in [7, 11) is 3.34. The van der Waals surface area contributed by atoms with Gasteiger partial charge in [-0.2, -0.15) is 5.10 Å². The van der Waals surface area contributed by atoms with Gasteiger partial charge in [0.05, 0.1) is 20.3 Å². The highest BCUT2D eigenvalue weighted by atomic mass is 127. The van der Waals surface area contributed by atoms with Gasteiger partial charge in [-0.3, -0.25) is 4.68 Å². The number of hydrogen-bond acceptors (Lipinski definition) is 6. The fourth-order valence-electron chi connectivity index (χ4n) is 3.35. The molecule has 0 radical (unpaired) electrons. The molecule has 0 amide bonds. The predicted octanol–water partition coefficient (Wildman–Crippen LogP) is 3.15. The lowest BCUT2D eigenvalue weighted by atomic mass is 9.75. The van der Waals surface area contributed by atoms with Crippen molar-refractivity contribution in [2.24, 2.45) is 0 Å². The molecule has 0 atom stereocenters. The zero-order valence-corrected chi connectivity index (χ0v) is 16.1. The van der Waals surface area contributed by atoms with Crippen molar-refractivity contribution < 1.29 is 9.47 Å². The van der Waals surface area contributed by atoms with Crippen molar-refractivity contribution in [3.63, 3.8) is 0 Å². The Bertz CT molecular complexity index is 914. The second-order valence-electron chi connectivity index (χ2n) is 6.16. The maximum atomic E-state index is 6.06. The van der Waals surface area contributed by atoms with E-state index >= 15 is 0 Å². The zero-order valence-electron chi connectivity index (χ0n) is 13.9. The van der Waals surface area contributed by atoms with E-state index in [1.807, 2.05) is 10.7 Å². The van der Waals surface area contributed by atoms with E-state index in [4.69, 9.17) is 15.2 Å². The third-order valence-corrected chi connectivity index (χ3v) is 5.50. The Kier molecular flexibility index (Phi) is 4.14. The van der Waals surface area contributed by atoms with Crippen LogP contribution >= 0.6 is 22.6 Å². The van der Waals surface area contributed by atoms with Crippen LogP contribution in [0.2, 0.25) is 0 Å². The number of benzene rings is 1. The molecule has 0 spiro atoms. The normalized spacial score (nSPS) is 19.6. The highest BCUT2D eigenvalue weighted by Crippen LogP contribution is 2.47. The van der Waals surface area contributed by atoms with Gasteiger partial charge in [0, 0.05) is 6.07 Å². The highest BCUT2D eigenvalue weighted by molar-refractivity contribution is 14.1. The monoisotopic (exact) mass is 451 g/mol. The molecule has 1 saturated carbocycles. The van der Waals surface area contributed by atoms with E-state index < -0.39 is 0 Å². The van der Waals surface area contributed by atoms with Crippen LogP contribution in [-0.2, 0) is 0 Å². The van der Waals surface area contributed by atoms with Crippen LogP contribution in [0.1, 0.15) is 30.4 Å². The lowest BCUT2D eigenvalue weighted by Gasteiger charge is -2.36. The minimum atomic E-state index is 0.293. The molecule has 0 aliphatic heterocycles. The third kappa shape index (κ3) is 2.78. The van der Waals surface area contributed by atoms with Crippen molar-refractivity contribution in [1.29, 1.82) is 0 Å². The van der Waals surface area contributed by atoms with Crippen LogP contribution in [0.15, 0.2) is 24.5 Å². The second-order valence-corrected chi connectivity index (χ2v) is 7.18. The molecule has 2 N–H and O–H groups in total. The summed E-state index contributed by atoms with van der Waals surface area (Å²) in [6, 6.07) is 6.33. The number of rotatable bonds is 4. The summed E-state index contributed by atoms with van der Waals surface area (Å²) < 4.78 is 13.6. The first-order valence-corrected chi connectivity index (χ1v) is 9.05. The molecule has 25 heavy (non-hydrogen) atoms. The number of halogens is 1. The SMILES string of the molecule is COc1cc(OC)cc(C2CC(n3nc(I)c4ncnc(N)c43)C2)c1. The molecule has 1 aromatic carbocycles. The molecule has 1 aliphatic carbocycles. The Hall–Kier alpha value is -2.10. The molecule has 0 unspecified atom stereocenters. The van der Waals surface area contributed by atoms with Gasteiger partial charge >= 0.3 is 0 Å². The van der Waals surface area contributed by atoms with E-state index in [2.05, 4.69) is 49.8 Å². The first-order valence-electron chi connectivity index (χ1n) is 7.98. The number of anilines is 1. The van der Waals surface area contributed by atoms with Crippen LogP contribution in [0, 0.1) is 3.70 Å². The van der Waals surface area contributed by atoms with Crippen LogP contribution in [0.5, 0.6) is 11.5 Å². The zero-order chi connectivity index (χ0) is 17.6. The number of ether oxygens (including phenoxy) is 2. The van der Waals surface area contributed by atoms with Crippen molar-refractivity contribution in [2.75, 3.05) is 20.0 Å². The first-order chi connectivity index (χ1) is 12.1. The van der Waals surface area contributed by atoms with E-state index in [-0.39, 0.29) is 0 Å². The third-order valence-electron chi connectivity index (χ3n) is 4.77. The molecule has 3 aromatic rings. The van der Waals surface area contributed by atoms with Crippen molar-refractivity contribution in [2.45, 2.75) is 24.8 Å². The smallest absolute Gasteiger partial charge is 0.153 e. The summed E-state index contributed by atoms with van der Waals surface area (Å²) in [5.41, 5.74) is 8.94. The second kappa shape index (κ2) is 6.32. The number of nitrogens with two attached hydrogens (primary N) is 1. The number of hydrogen-bond donors (Lipinski definition) is 1. The average molecular weight is 451 g/mol. The molecule has 2 aromatic heterocycles. The molecular formula is C17H18IN5O2. The lowest BCUT2D eigenvalue weighted by molar-refractivity contribution is 0.250. The quantitative estimate of drug-likeness (QED) is 0.614. The van der Waals surface area contributed by atoms with Gasteiger partial charge in [-0.25, -0.2) is 9.97 Å². The van der Waals surface area contributed by atoms with Crippen molar-refractivity contribution in [3.8, 4) is 11.5 Å². The lowest BCUT2D eigenvalue weighted by Crippen LogP contribution is -2.26. The Morgan fingerprint density at radius 2 is 1.80 bits per heavy atom. The molecule has 130 valence electrons. The summed E-state index contributed by atoms with van der Waals surface area (Å²) in [4.78, 5) is 8.42. The Balaban J connectivity index is 1.61. The molecule has 8 heteroatoms. The van der Waals surface area contributed by atoms with Gasteiger partial charge in [0.2, 0.25) is 0 Å². The molecule has 1 aliphatic rings. The van der Waals surface area contributed by atoms with Crippen LogP contribution in [0.4, 0.5) is 5.82 Å². The van der Waals surface area contributed by atoms with E-state index in [1.165, 1.54) is 11.9 Å². The number of methoxy groups -OCH3 is 2. The number of fused-ring (bicyclic) bond motifs is 1. The molecule has 2 heterocycles. The summed E-state index contributed by atoms with van der Waals surface area (Å²) in [6.07, 6.45) is 3.45. The van der Waals surface area contributed by atoms with Crippen molar-refractivity contribution >= 4 is 39.4 Å². The first kappa shape index (κ1) is 16.4. The van der Waals surface area contributed by atoms with E-state index in [0.717, 1.165) is 39.1 Å². The predicted molar refractivity (Wildman–Crippen MR) is 103 cm³/mol. The molecular weight excluding hydrogens is 433 g/mol. The molecule has 4 rings (SSSR count). The Morgan fingerprint density at radius 3 is 2.44 bits per heavy atom. The van der Waals surface area contributed by atoms with Gasteiger partial charge in [0.15, 0.2) is 5.82 Å². The van der Waals surface area contributed by atoms with E-state index in [0.29, 0.717) is 17.8 Å². The number of aromatic nitrogens is 4. The standard InChI is InChI=1S/C17H18IN5O2/c1-24-12-5-10(6-13(7-12)25-2)9-3-11(4-9)23-15-14(16(18)22-23)20-8-21-17(15)19/h5-9,11H,3-4H2,1-2H3,(H2,19,20,21). The highest BCUT2D eigenvalue weighted by Gasteiger charge is 2.34. The number of nitrogen functional groups attached to an aromatic ring is 1. The van der Waals surface area contributed by atoms with Crippen LogP contribution in [-0.4, -0.2) is 34.0 Å². The van der Waals surface area contributed by atoms with Crippen molar-refractivity contribution in [1.82, 2.24) is 19.7 Å². The minimum Gasteiger partial charge on any atom is -0.497 e.